The minimum absolute atomic E-state index is 0.199. The number of methoxy groups -OCH3 is 2. The third-order valence-corrected chi connectivity index (χ3v) is 3.77. The van der Waals surface area contributed by atoms with Crippen LogP contribution in [0.2, 0.25) is 0 Å². The Bertz CT molecular complexity index is 868. The molecule has 3 rings (SSSR count). The van der Waals surface area contributed by atoms with Crippen LogP contribution >= 0.6 is 0 Å². The Morgan fingerprint density at radius 2 is 1.85 bits per heavy atom. The number of nitrogens with zero attached hydrogens (tertiary/aromatic N) is 1. The predicted octanol–water partition coefficient (Wildman–Crippen LogP) is 3.45. The van der Waals surface area contributed by atoms with E-state index in [1.54, 1.807) is 50.6 Å². The zero-order valence-corrected chi connectivity index (χ0v) is 14.8. The van der Waals surface area contributed by atoms with Crippen molar-refractivity contribution in [3.05, 3.63) is 59.3 Å². The first-order chi connectivity index (χ1) is 12.7. The predicted molar refractivity (Wildman–Crippen MR) is 97.8 cm³/mol. The molecule has 0 fully saturated rings. The van der Waals surface area contributed by atoms with E-state index < -0.39 is 5.97 Å². The van der Waals surface area contributed by atoms with Crippen LogP contribution < -0.4 is 14.2 Å². The fourth-order valence-electron chi connectivity index (χ4n) is 2.52. The van der Waals surface area contributed by atoms with Crippen molar-refractivity contribution in [3.8, 4) is 17.2 Å². The molecule has 1 aliphatic rings. The van der Waals surface area contributed by atoms with Gasteiger partial charge < -0.3 is 18.9 Å². The average molecular weight is 353 g/mol. The minimum atomic E-state index is -0.513. The zero-order chi connectivity index (χ0) is 18.5. The van der Waals surface area contributed by atoms with Crippen LogP contribution in [0.3, 0.4) is 0 Å². The molecule has 0 amide bonds. The maximum absolute atomic E-state index is 12.2. The largest absolute Gasteiger partial charge is 0.497 e. The van der Waals surface area contributed by atoms with Gasteiger partial charge in [-0.05, 0) is 43.3 Å². The summed E-state index contributed by atoms with van der Waals surface area (Å²) in [7, 11) is 3.16. The van der Waals surface area contributed by atoms with Gasteiger partial charge in [0, 0.05) is 11.1 Å². The molecule has 0 saturated carbocycles. The lowest BCUT2D eigenvalue weighted by atomic mass is 10.1. The molecule has 2 aromatic rings. The standard InChI is InChI=1S/C20H19NO5/c1-4-25-18-14(6-5-7-17(18)24-3)12-16-20(22)26-19(21-16)13-8-10-15(23-2)11-9-13/h5-12H,4H2,1-3H3. The molecule has 0 aliphatic carbocycles. The second-order valence-corrected chi connectivity index (χ2v) is 5.38. The molecule has 134 valence electrons. The molecule has 0 bridgehead atoms. The van der Waals surface area contributed by atoms with E-state index in [2.05, 4.69) is 4.99 Å². The molecule has 1 heterocycles. The smallest absolute Gasteiger partial charge is 0.363 e. The minimum Gasteiger partial charge on any atom is -0.497 e. The third kappa shape index (κ3) is 3.54. The molecule has 0 spiro atoms. The molecule has 0 radical (unpaired) electrons. The number of rotatable bonds is 6. The van der Waals surface area contributed by atoms with Crippen molar-refractivity contribution in [2.45, 2.75) is 6.92 Å². The van der Waals surface area contributed by atoms with Gasteiger partial charge in [-0.1, -0.05) is 12.1 Å². The highest BCUT2D eigenvalue weighted by Gasteiger charge is 2.25. The number of carbonyl (C=O) groups excluding carboxylic acids is 1. The summed E-state index contributed by atoms with van der Waals surface area (Å²) in [6.07, 6.45) is 1.63. The van der Waals surface area contributed by atoms with E-state index in [1.165, 1.54) is 0 Å². The lowest BCUT2D eigenvalue weighted by molar-refractivity contribution is -0.129. The number of benzene rings is 2. The Morgan fingerprint density at radius 1 is 1.08 bits per heavy atom. The van der Waals surface area contributed by atoms with Gasteiger partial charge in [0.2, 0.25) is 5.90 Å². The first-order valence-corrected chi connectivity index (χ1v) is 8.13. The van der Waals surface area contributed by atoms with Crippen LogP contribution in [0.15, 0.2) is 53.2 Å². The molecule has 1 aliphatic heterocycles. The Labute approximate surface area is 151 Å². The zero-order valence-electron chi connectivity index (χ0n) is 14.8. The Hall–Kier alpha value is -3.28. The van der Waals surface area contributed by atoms with Crippen molar-refractivity contribution in [1.29, 1.82) is 0 Å². The van der Waals surface area contributed by atoms with Crippen molar-refractivity contribution in [2.75, 3.05) is 20.8 Å². The number of ether oxygens (including phenoxy) is 4. The second-order valence-electron chi connectivity index (χ2n) is 5.38. The van der Waals surface area contributed by atoms with Crippen LogP contribution in [0.1, 0.15) is 18.1 Å². The van der Waals surface area contributed by atoms with Crippen LogP contribution in [0.4, 0.5) is 0 Å². The van der Waals surface area contributed by atoms with E-state index in [9.17, 15) is 4.79 Å². The third-order valence-electron chi connectivity index (χ3n) is 3.77. The van der Waals surface area contributed by atoms with Gasteiger partial charge in [-0.25, -0.2) is 9.79 Å². The number of carbonyl (C=O) groups is 1. The molecule has 0 saturated heterocycles. The lowest BCUT2D eigenvalue weighted by Crippen LogP contribution is -2.05. The number of hydrogen-bond donors (Lipinski definition) is 0. The summed E-state index contributed by atoms with van der Waals surface area (Å²) in [6.45, 7) is 2.36. The highest BCUT2D eigenvalue weighted by molar-refractivity contribution is 6.13. The van der Waals surface area contributed by atoms with Crippen LogP contribution in [-0.2, 0) is 9.53 Å². The molecule has 2 aromatic carbocycles. The van der Waals surface area contributed by atoms with Crippen molar-refractivity contribution in [2.24, 2.45) is 4.99 Å². The Balaban J connectivity index is 1.96. The maximum atomic E-state index is 12.2. The summed E-state index contributed by atoms with van der Waals surface area (Å²) in [5.74, 6) is 1.61. The summed E-state index contributed by atoms with van der Waals surface area (Å²) < 4.78 is 21.4. The Morgan fingerprint density at radius 3 is 2.50 bits per heavy atom. The fraction of sp³-hybridized carbons (Fsp3) is 0.200. The highest BCUT2D eigenvalue weighted by Crippen LogP contribution is 2.33. The number of cyclic esters (lactones) is 1. The summed E-state index contributed by atoms with van der Waals surface area (Å²) in [5.41, 5.74) is 1.58. The van der Waals surface area contributed by atoms with Gasteiger partial charge >= 0.3 is 5.97 Å². The summed E-state index contributed by atoms with van der Waals surface area (Å²) in [6, 6.07) is 12.6. The molecular formula is C20H19NO5. The monoisotopic (exact) mass is 353 g/mol. The first kappa shape index (κ1) is 17.5. The highest BCUT2D eigenvalue weighted by atomic mass is 16.6. The number of hydrogen-bond acceptors (Lipinski definition) is 6. The normalized spacial score (nSPS) is 14.8. The van der Waals surface area contributed by atoms with E-state index >= 15 is 0 Å². The SMILES string of the molecule is CCOc1c(C=C2N=C(c3ccc(OC)cc3)OC2=O)cccc1OC. The van der Waals surface area contributed by atoms with Crippen molar-refractivity contribution in [3.63, 3.8) is 0 Å². The van der Waals surface area contributed by atoms with Gasteiger partial charge in [-0.2, -0.15) is 0 Å². The van der Waals surface area contributed by atoms with E-state index in [1.807, 2.05) is 19.1 Å². The van der Waals surface area contributed by atoms with E-state index in [4.69, 9.17) is 18.9 Å². The molecule has 6 heteroatoms. The molecule has 0 N–H and O–H groups in total. The topological polar surface area (TPSA) is 66.3 Å². The number of esters is 1. The molecule has 0 aromatic heterocycles. The Kier molecular flexibility index (Phi) is 5.22. The number of aliphatic imine (C=N–C) groups is 1. The molecule has 6 nitrogen and oxygen atoms in total. The molecule has 0 atom stereocenters. The van der Waals surface area contributed by atoms with Gasteiger partial charge in [-0.15, -0.1) is 0 Å². The maximum Gasteiger partial charge on any atom is 0.363 e. The summed E-state index contributed by atoms with van der Waals surface area (Å²) >= 11 is 0. The van der Waals surface area contributed by atoms with Crippen LogP contribution in [0.5, 0.6) is 17.2 Å². The summed E-state index contributed by atoms with van der Waals surface area (Å²) in [4.78, 5) is 16.5. The molecule has 26 heavy (non-hydrogen) atoms. The van der Waals surface area contributed by atoms with Crippen molar-refractivity contribution < 1.29 is 23.7 Å². The average Bonchev–Trinajstić information content (AvgIpc) is 3.04. The van der Waals surface area contributed by atoms with Crippen LogP contribution in [0, 0.1) is 0 Å². The van der Waals surface area contributed by atoms with Crippen molar-refractivity contribution >= 4 is 17.9 Å². The number of para-hydroxylation sites is 1. The fourth-order valence-corrected chi connectivity index (χ4v) is 2.52. The quantitative estimate of drug-likeness (QED) is 0.588. The van der Waals surface area contributed by atoms with Gasteiger partial charge in [0.1, 0.15) is 5.75 Å². The van der Waals surface area contributed by atoms with Crippen molar-refractivity contribution in [1.82, 2.24) is 0 Å². The van der Waals surface area contributed by atoms with Crippen LogP contribution in [-0.4, -0.2) is 32.7 Å². The molecular weight excluding hydrogens is 334 g/mol. The summed E-state index contributed by atoms with van der Waals surface area (Å²) in [5, 5.41) is 0. The van der Waals surface area contributed by atoms with Gasteiger partial charge in [0.05, 0.1) is 20.8 Å². The van der Waals surface area contributed by atoms with Gasteiger partial charge in [-0.3, -0.25) is 0 Å². The second kappa shape index (κ2) is 7.74. The van der Waals surface area contributed by atoms with E-state index in [-0.39, 0.29) is 11.6 Å². The van der Waals surface area contributed by atoms with Gasteiger partial charge in [0.15, 0.2) is 17.2 Å². The molecule has 0 unspecified atom stereocenters. The lowest BCUT2D eigenvalue weighted by Gasteiger charge is -2.11. The van der Waals surface area contributed by atoms with E-state index in [0.29, 0.717) is 35.0 Å². The van der Waals surface area contributed by atoms with Gasteiger partial charge in [0.25, 0.3) is 0 Å². The first-order valence-electron chi connectivity index (χ1n) is 8.13. The van der Waals surface area contributed by atoms with E-state index in [0.717, 1.165) is 0 Å². The van der Waals surface area contributed by atoms with Crippen LogP contribution in [0.25, 0.3) is 6.08 Å².